The minimum Gasteiger partial charge on any atom is -0.481 e. The van der Waals surface area contributed by atoms with E-state index in [0.29, 0.717) is 6.42 Å². The minimum atomic E-state index is -0.671. The number of benzene rings is 2. The molecule has 23 heavy (non-hydrogen) atoms. The number of para-hydroxylation sites is 1. The molecule has 1 N–H and O–H groups in total. The van der Waals surface area contributed by atoms with Crippen LogP contribution >= 0.6 is 0 Å². The van der Waals surface area contributed by atoms with Gasteiger partial charge in [-0.15, -0.1) is 0 Å². The normalized spacial score (nSPS) is 17.1. The van der Waals surface area contributed by atoms with Crippen LogP contribution in [-0.2, 0) is 24.2 Å². The van der Waals surface area contributed by atoms with Crippen molar-refractivity contribution in [2.75, 3.05) is 0 Å². The first-order chi connectivity index (χ1) is 11.2. The fraction of sp³-hybridized carbons (Fsp3) is 0.250. The summed E-state index contributed by atoms with van der Waals surface area (Å²) >= 11 is 0. The first kappa shape index (κ1) is 14.1. The highest BCUT2D eigenvalue weighted by Crippen LogP contribution is 2.35. The summed E-state index contributed by atoms with van der Waals surface area (Å²) < 4.78 is 2.37. The van der Waals surface area contributed by atoms with Gasteiger partial charge in [0.05, 0.1) is 5.92 Å². The van der Waals surface area contributed by atoms with E-state index < -0.39 is 5.97 Å². The van der Waals surface area contributed by atoms with E-state index in [9.17, 15) is 9.90 Å². The molecular weight excluding hydrogens is 286 g/mol. The van der Waals surface area contributed by atoms with Gasteiger partial charge in [0.15, 0.2) is 0 Å². The Kier molecular flexibility index (Phi) is 3.41. The smallest absolute Gasteiger partial charge is 0.306 e. The van der Waals surface area contributed by atoms with Crippen LogP contribution in [-0.4, -0.2) is 15.6 Å². The third kappa shape index (κ3) is 2.42. The second-order valence-corrected chi connectivity index (χ2v) is 6.29. The number of hydrogen-bond acceptors (Lipinski definition) is 1. The second kappa shape index (κ2) is 5.58. The number of hydrogen-bond donors (Lipinski definition) is 1. The van der Waals surface area contributed by atoms with Crippen LogP contribution in [0.25, 0.3) is 10.9 Å². The van der Waals surface area contributed by atoms with Crippen molar-refractivity contribution in [1.82, 2.24) is 4.57 Å². The minimum absolute atomic E-state index is 0.251. The molecule has 3 nitrogen and oxygen atoms in total. The van der Waals surface area contributed by atoms with Crippen LogP contribution in [0, 0.1) is 5.92 Å². The van der Waals surface area contributed by atoms with Gasteiger partial charge in [-0.25, -0.2) is 0 Å². The lowest BCUT2D eigenvalue weighted by molar-refractivity contribution is -0.142. The molecule has 0 aliphatic heterocycles. The van der Waals surface area contributed by atoms with Gasteiger partial charge in [0.2, 0.25) is 0 Å². The highest BCUT2D eigenvalue weighted by Gasteiger charge is 2.28. The molecular formula is C20H19NO2. The topological polar surface area (TPSA) is 42.2 Å². The van der Waals surface area contributed by atoms with Gasteiger partial charge in [0, 0.05) is 23.1 Å². The Morgan fingerprint density at radius 3 is 2.61 bits per heavy atom. The fourth-order valence-electron chi connectivity index (χ4n) is 3.76. The van der Waals surface area contributed by atoms with Gasteiger partial charge in [-0.05, 0) is 36.5 Å². The van der Waals surface area contributed by atoms with E-state index >= 15 is 0 Å². The molecule has 0 saturated heterocycles. The van der Waals surface area contributed by atoms with Crippen molar-refractivity contribution in [3.8, 4) is 0 Å². The summed E-state index contributed by atoms with van der Waals surface area (Å²) in [7, 11) is 0. The highest BCUT2D eigenvalue weighted by molar-refractivity contribution is 5.87. The molecule has 0 amide bonds. The molecule has 0 fully saturated rings. The number of aliphatic carboxylic acids is 1. The molecule has 1 heterocycles. The Morgan fingerprint density at radius 2 is 1.83 bits per heavy atom. The largest absolute Gasteiger partial charge is 0.481 e. The highest BCUT2D eigenvalue weighted by atomic mass is 16.4. The van der Waals surface area contributed by atoms with E-state index in [1.807, 2.05) is 12.1 Å². The number of carboxylic acids is 1. The summed E-state index contributed by atoms with van der Waals surface area (Å²) in [6.07, 6.45) is 2.22. The van der Waals surface area contributed by atoms with Crippen LogP contribution in [0.15, 0.2) is 54.6 Å². The molecule has 1 atom stereocenters. The van der Waals surface area contributed by atoms with Gasteiger partial charge < -0.3 is 9.67 Å². The number of rotatable bonds is 3. The predicted octanol–water partition coefficient (Wildman–Crippen LogP) is 3.88. The molecule has 1 unspecified atom stereocenters. The maximum absolute atomic E-state index is 11.4. The SMILES string of the molecule is O=C(O)C1CCc2c(c3ccccc3n2Cc2ccccc2)C1. The Hall–Kier alpha value is -2.55. The van der Waals surface area contributed by atoms with Gasteiger partial charge in [0.25, 0.3) is 0 Å². The Labute approximate surface area is 135 Å². The zero-order valence-corrected chi connectivity index (χ0v) is 12.9. The zero-order valence-electron chi connectivity index (χ0n) is 12.9. The number of carboxylic acid groups (broad SMARTS) is 1. The molecule has 116 valence electrons. The van der Waals surface area contributed by atoms with Crippen LogP contribution in [0.2, 0.25) is 0 Å². The van der Waals surface area contributed by atoms with Gasteiger partial charge in [0.1, 0.15) is 0 Å². The molecule has 0 saturated carbocycles. The quantitative estimate of drug-likeness (QED) is 0.798. The number of fused-ring (bicyclic) bond motifs is 3. The second-order valence-electron chi connectivity index (χ2n) is 6.29. The Balaban J connectivity index is 1.84. The number of nitrogens with zero attached hydrogens (tertiary/aromatic N) is 1. The van der Waals surface area contributed by atoms with Crippen LogP contribution in [0.1, 0.15) is 23.2 Å². The monoisotopic (exact) mass is 305 g/mol. The lowest BCUT2D eigenvalue weighted by Gasteiger charge is -2.21. The molecule has 4 rings (SSSR count). The van der Waals surface area contributed by atoms with Crippen molar-refractivity contribution in [3.05, 3.63) is 71.4 Å². The van der Waals surface area contributed by atoms with Gasteiger partial charge >= 0.3 is 5.97 Å². The average Bonchev–Trinajstić information content (AvgIpc) is 2.90. The number of aromatic nitrogens is 1. The van der Waals surface area contributed by atoms with Crippen LogP contribution in [0.4, 0.5) is 0 Å². The Morgan fingerprint density at radius 1 is 1.09 bits per heavy atom. The standard InChI is InChI=1S/C20H19NO2/c22-20(23)15-10-11-19-17(12-15)16-8-4-5-9-18(16)21(19)13-14-6-2-1-3-7-14/h1-9,15H,10-13H2,(H,22,23). The predicted molar refractivity (Wildman–Crippen MR) is 90.6 cm³/mol. The summed E-state index contributed by atoms with van der Waals surface area (Å²) in [5, 5.41) is 10.6. The lowest BCUT2D eigenvalue weighted by atomic mass is 9.86. The molecule has 1 aliphatic carbocycles. The molecule has 0 bridgehead atoms. The van der Waals surface area contributed by atoms with Gasteiger partial charge in [-0.1, -0.05) is 48.5 Å². The zero-order chi connectivity index (χ0) is 15.8. The molecule has 2 aromatic carbocycles. The molecule has 1 aliphatic rings. The summed E-state index contributed by atoms with van der Waals surface area (Å²) in [5.74, 6) is -0.922. The Bertz CT molecular complexity index is 864. The third-order valence-electron chi connectivity index (χ3n) is 4.91. The fourth-order valence-corrected chi connectivity index (χ4v) is 3.76. The maximum atomic E-state index is 11.4. The van der Waals surface area contributed by atoms with E-state index in [-0.39, 0.29) is 5.92 Å². The summed E-state index contributed by atoms with van der Waals surface area (Å²) in [4.78, 5) is 11.4. The van der Waals surface area contributed by atoms with E-state index in [1.54, 1.807) is 0 Å². The molecule has 1 aromatic heterocycles. The molecule has 0 radical (unpaired) electrons. The van der Waals surface area contributed by atoms with Crippen LogP contribution in [0.5, 0.6) is 0 Å². The first-order valence-corrected chi connectivity index (χ1v) is 8.10. The van der Waals surface area contributed by atoms with Crippen molar-refractivity contribution in [2.24, 2.45) is 5.92 Å². The van der Waals surface area contributed by atoms with Gasteiger partial charge in [-0.3, -0.25) is 4.79 Å². The van der Waals surface area contributed by atoms with Crippen LogP contribution in [0.3, 0.4) is 0 Å². The van der Waals surface area contributed by atoms with Crippen molar-refractivity contribution >= 4 is 16.9 Å². The summed E-state index contributed by atoms with van der Waals surface area (Å²) in [6.45, 7) is 0.842. The van der Waals surface area contributed by atoms with Crippen molar-refractivity contribution in [3.63, 3.8) is 0 Å². The maximum Gasteiger partial charge on any atom is 0.306 e. The van der Waals surface area contributed by atoms with Gasteiger partial charge in [-0.2, -0.15) is 0 Å². The van der Waals surface area contributed by atoms with E-state index in [4.69, 9.17) is 0 Å². The van der Waals surface area contributed by atoms with Crippen molar-refractivity contribution in [1.29, 1.82) is 0 Å². The molecule has 3 heteroatoms. The number of carbonyl (C=O) groups is 1. The van der Waals surface area contributed by atoms with E-state index in [2.05, 4.69) is 47.0 Å². The van der Waals surface area contributed by atoms with E-state index in [0.717, 1.165) is 19.4 Å². The van der Waals surface area contributed by atoms with Crippen molar-refractivity contribution < 1.29 is 9.90 Å². The first-order valence-electron chi connectivity index (χ1n) is 8.10. The average molecular weight is 305 g/mol. The molecule has 3 aromatic rings. The van der Waals surface area contributed by atoms with Crippen molar-refractivity contribution in [2.45, 2.75) is 25.8 Å². The molecule has 0 spiro atoms. The summed E-state index contributed by atoms with van der Waals surface area (Å²) in [5.41, 5.74) is 5.03. The third-order valence-corrected chi connectivity index (χ3v) is 4.91. The van der Waals surface area contributed by atoms with Crippen LogP contribution < -0.4 is 0 Å². The lowest BCUT2D eigenvalue weighted by Crippen LogP contribution is -2.23. The summed E-state index contributed by atoms with van der Waals surface area (Å²) in [6, 6.07) is 18.8. The van der Waals surface area contributed by atoms with E-state index in [1.165, 1.54) is 27.7 Å².